The van der Waals surface area contributed by atoms with Crippen LogP contribution in [-0.4, -0.2) is 4.57 Å². The molecule has 0 spiro atoms. The monoisotopic (exact) mass is 189 g/mol. The maximum Gasteiger partial charge on any atom is 0.0630 e. The Morgan fingerprint density at radius 2 is 2.00 bits per heavy atom. The summed E-state index contributed by atoms with van der Waals surface area (Å²) in [4.78, 5) is 0. The van der Waals surface area contributed by atoms with Crippen LogP contribution in [0.5, 0.6) is 0 Å². The highest BCUT2D eigenvalue weighted by molar-refractivity contribution is 5.81. The fraction of sp³-hybridized carbons (Fsp3) is 0.385. The Bertz CT molecular complexity index is 503. The van der Waals surface area contributed by atoms with Crippen LogP contribution in [0.15, 0.2) is 30.4 Å². The lowest BCUT2D eigenvalue weighted by Crippen LogP contribution is -2.20. The molecule has 14 heavy (non-hydrogen) atoms. The zero-order chi connectivity index (χ0) is 11.2. The van der Waals surface area contributed by atoms with E-state index in [1.165, 1.54) is 0 Å². The molecule has 0 bridgehead atoms. The predicted molar refractivity (Wildman–Crippen MR) is 61.7 cm³/mol. The van der Waals surface area contributed by atoms with E-state index in [0.717, 1.165) is 16.5 Å². The molecule has 0 unspecified atom stereocenters. The van der Waals surface area contributed by atoms with E-state index >= 15 is 0 Å². The average Bonchev–Trinajstić information content (AvgIpc) is 2.45. The van der Waals surface area contributed by atoms with E-state index in [0.29, 0.717) is 6.04 Å². The van der Waals surface area contributed by atoms with Crippen LogP contribution in [0.3, 0.4) is 0 Å². The first-order valence-electron chi connectivity index (χ1n) is 5.48. The molecule has 0 saturated carbocycles. The molecule has 1 aromatic heterocycles. The van der Waals surface area contributed by atoms with Gasteiger partial charge < -0.3 is 4.57 Å². The molecule has 0 fully saturated rings. The van der Waals surface area contributed by atoms with Crippen molar-refractivity contribution < 1.29 is 1.37 Å². The van der Waals surface area contributed by atoms with Crippen molar-refractivity contribution in [3.63, 3.8) is 0 Å². The fourth-order valence-electron chi connectivity index (χ4n) is 1.75. The smallest absolute Gasteiger partial charge is 0.0630 e. The summed E-state index contributed by atoms with van der Waals surface area (Å²) in [5, 5.41) is 1.04. The van der Waals surface area contributed by atoms with Gasteiger partial charge in [-0.25, -0.2) is 0 Å². The van der Waals surface area contributed by atoms with Crippen LogP contribution in [-0.2, 0) is 5.54 Å². The van der Waals surface area contributed by atoms with Gasteiger partial charge in [-0.1, -0.05) is 12.1 Å². The second kappa shape index (κ2) is 2.88. The molecule has 0 atom stereocenters. The summed E-state index contributed by atoms with van der Waals surface area (Å²) in [6, 6.07) is 6.71. The minimum atomic E-state index is 0.0714. The third-order valence-electron chi connectivity index (χ3n) is 2.47. The summed E-state index contributed by atoms with van der Waals surface area (Å²) >= 11 is 0. The van der Waals surface area contributed by atoms with E-state index in [9.17, 15) is 0 Å². The first kappa shape index (κ1) is 8.10. The van der Waals surface area contributed by atoms with Crippen molar-refractivity contribution in [2.24, 2.45) is 0 Å². The van der Waals surface area contributed by atoms with Crippen molar-refractivity contribution >= 4 is 10.9 Å². The van der Waals surface area contributed by atoms with Crippen LogP contribution in [0, 0.1) is 6.92 Å². The molecule has 1 heterocycles. The third-order valence-corrected chi connectivity index (χ3v) is 2.47. The molecule has 1 heteroatoms. The summed E-state index contributed by atoms with van der Waals surface area (Å²) < 4.78 is 10.1. The van der Waals surface area contributed by atoms with Crippen molar-refractivity contribution in [1.29, 1.82) is 0 Å². The zero-order valence-electron chi connectivity index (χ0n) is 10.3. The summed E-state index contributed by atoms with van der Waals surface area (Å²) in [5.41, 5.74) is 2.38. The highest BCUT2D eigenvalue weighted by Crippen LogP contribution is 2.24. The predicted octanol–water partition coefficient (Wildman–Crippen LogP) is 3.70. The Morgan fingerprint density at radius 3 is 2.64 bits per heavy atom. The maximum atomic E-state index is 7.91. The summed E-state index contributed by atoms with van der Waals surface area (Å²) in [6.07, 6.45) is 2.07. The van der Waals surface area contributed by atoms with Gasteiger partial charge in [-0.15, -0.1) is 0 Å². The van der Waals surface area contributed by atoms with E-state index in [4.69, 9.17) is 1.37 Å². The van der Waals surface area contributed by atoms with Crippen LogP contribution in [0.1, 0.15) is 27.7 Å². The van der Waals surface area contributed by atoms with Gasteiger partial charge in [0.05, 0.1) is 1.37 Å². The number of aryl methyl sites for hydroxylation is 1. The summed E-state index contributed by atoms with van der Waals surface area (Å²) in [7, 11) is 0. The first-order chi connectivity index (χ1) is 6.89. The second-order valence-corrected chi connectivity index (χ2v) is 4.83. The van der Waals surface area contributed by atoms with Crippen LogP contribution >= 0.6 is 0 Å². The Morgan fingerprint density at radius 1 is 1.29 bits per heavy atom. The molecule has 2 rings (SSSR count). The summed E-state index contributed by atoms with van der Waals surface area (Å²) in [6.45, 7) is 8.58. The van der Waals surface area contributed by atoms with Gasteiger partial charge in [0.2, 0.25) is 0 Å². The van der Waals surface area contributed by atoms with Crippen LogP contribution in [0.2, 0.25) is 0 Å². The maximum absolute atomic E-state index is 7.91. The van der Waals surface area contributed by atoms with E-state index in [2.05, 4.69) is 37.6 Å². The van der Waals surface area contributed by atoms with Gasteiger partial charge in [0.1, 0.15) is 0 Å². The van der Waals surface area contributed by atoms with Crippen molar-refractivity contribution in [2.75, 3.05) is 0 Å². The van der Waals surface area contributed by atoms with Crippen LogP contribution in [0.25, 0.3) is 10.9 Å². The van der Waals surface area contributed by atoms with Crippen LogP contribution in [0.4, 0.5) is 0 Å². The molecule has 0 amide bonds. The Hall–Kier alpha value is -1.24. The minimum absolute atomic E-state index is 0.0714. The molecular weight excluding hydrogens is 170 g/mol. The number of benzene rings is 1. The van der Waals surface area contributed by atoms with E-state index in [1.807, 2.05) is 19.1 Å². The minimum Gasteiger partial charge on any atom is -0.342 e. The lowest BCUT2D eigenvalue weighted by Gasteiger charge is -2.22. The molecule has 2 aromatic rings. The molecule has 0 radical (unpaired) electrons. The van der Waals surface area contributed by atoms with Gasteiger partial charge in [-0.05, 0) is 50.8 Å². The Labute approximate surface area is 86.8 Å². The average molecular weight is 189 g/mol. The molecule has 74 valence electrons. The SMILES string of the molecule is [3H]c1cc(C)cc2c1ccn2C(C)(C)C. The molecule has 0 aliphatic rings. The zero-order valence-corrected chi connectivity index (χ0v) is 9.26. The molecule has 0 aliphatic heterocycles. The van der Waals surface area contributed by atoms with Gasteiger partial charge in [0, 0.05) is 17.3 Å². The first-order valence-corrected chi connectivity index (χ1v) is 4.98. The van der Waals surface area contributed by atoms with E-state index in [-0.39, 0.29) is 5.54 Å². The lowest BCUT2D eigenvalue weighted by atomic mass is 10.1. The standard InChI is InChI=1S/C13H17N/c1-10-5-6-11-7-8-14(12(11)9-10)13(2,3)4/h5-9H,1-4H3/i6T. The van der Waals surface area contributed by atoms with Crippen molar-refractivity contribution in [2.45, 2.75) is 33.2 Å². The highest BCUT2D eigenvalue weighted by Gasteiger charge is 2.14. The Balaban J connectivity index is 2.80. The Kier molecular flexibility index (Phi) is 1.66. The molecule has 0 aliphatic carbocycles. The third kappa shape index (κ3) is 1.43. The van der Waals surface area contributed by atoms with Crippen molar-refractivity contribution in [3.8, 4) is 0 Å². The molecule has 1 aromatic carbocycles. The van der Waals surface area contributed by atoms with Crippen molar-refractivity contribution in [1.82, 2.24) is 4.57 Å². The van der Waals surface area contributed by atoms with E-state index in [1.54, 1.807) is 0 Å². The number of aromatic nitrogens is 1. The number of nitrogens with zero attached hydrogens (tertiary/aromatic N) is 1. The van der Waals surface area contributed by atoms with Gasteiger partial charge in [-0.2, -0.15) is 0 Å². The topological polar surface area (TPSA) is 4.93 Å². The van der Waals surface area contributed by atoms with E-state index < -0.39 is 0 Å². The lowest BCUT2D eigenvalue weighted by molar-refractivity contribution is 0.411. The molecule has 0 saturated heterocycles. The van der Waals surface area contributed by atoms with Gasteiger partial charge >= 0.3 is 0 Å². The number of hydrogen-bond acceptors (Lipinski definition) is 0. The van der Waals surface area contributed by atoms with Crippen molar-refractivity contribution in [3.05, 3.63) is 36.0 Å². The molecule has 1 nitrogen and oxygen atoms in total. The number of rotatable bonds is 0. The fourth-order valence-corrected chi connectivity index (χ4v) is 1.75. The normalized spacial score (nSPS) is 13.3. The highest BCUT2D eigenvalue weighted by atomic mass is 15.0. The van der Waals surface area contributed by atoms with Gasteiger partial charge in [0.25, 0.3) is 0 Å². The number of fused-ring (bicyclic) bond motifs is 1. The molecular formula is C13H17N. The van der Waals surface area contributed by atoms with Gasteiger partial charge in [0.15, 0.2) is 0 Å². The quantitative estimate of drug-likeness (QED) is 0.595. The molecule has 0 N–H and O–H groups in total. The van der Waals surface area contributed by atoms with Gasteiger partial charge in [-0.3, -0.25) is 0 Å². The summed E-state index contributed by atoms with van der Waals surface area (Å²) in [5.74, 6) is 0. The number of hydrogen-bond donors (Lipinski definition) is 0. The second-order valence-electron chi connectivity index (χ2n) is 4.83. The largest absolute Gasteiger partial charge is 0.342 e. The van der Waals surface area contributed by atoms with Crippen LogP contribution < -0.4 is 0 Å².